The number of carbonyl (C=O) groups excluding carboxylic acids is 1. The van der Waals surface area contributed by atoms with Crippen LogP contribution in [0.25, 0.3) is 10.8 Å². The van der Waals surface area contributed by atoms with Gasteiger partial charge in [-0.2, -0.15) is 8.42 Å². The minimum Gasteiger partial charge on any atom is -0.383 e. The van der Waals surface area contributed by atoms with Crippen LogP contribution < -0.4 is 9.50 Å². The molecule has 0 fully saturated rings. The number of hydrogen-bond acceptors (Lipinski definition) is 4. The summed E-state index contributed by atoms with van der Waals surface area (Å²) >= 11 is 0. The zero-order valence-corrected chi connectivity index (χ0v) is 18.1. The van der Waals surface area contributed by atoms with Gasteiger partial charge in [-0.15, -0.1) is 0 Å². The van der Waals surface area contributed by atoms with Gasteiger partial charge >= 0.3 is 16.1 Å². The molecule has 6 nitrogen and oxygen atoms in total. The second kappa shape index (κ2) is 9.17. The Kier molecular flexibility index (Phi) is 6.62. The third kappa shape index (κ3) is 5.51. The summed E-state index contributed by atoms with van der Waals surface area (Å²) in [5.41, 5.74) is 1.65. The van der Waals surface area contributed by atoms with Crippen LogP contribution in [0.1, 0.15) is 25.8 Å². The van der Waals surface area contributed by atoms with Crippen LogP contribution in [-0.2, 0) is 16.7 Å². The molecule has 30 heavy (non-hydrogen) atoms. The molecule has 0 spiro atoms. The predicted molar refractivity (Wildman–Crippen MR) is 120 cm³/mol. The molecule has 0 radical (unpaired) electrons. The molecule has 0 aliphatic carbocycles. The number of hydrogen-bond donors (Lipinski definition) is 1. The first kappa shape index (κ1) is 21.6. The van der Waals surface area contributed by atoms with Crippen molar-refractivity contribution in [1.82, 2.24) is 4.90 Å². The Hall–Kier alpha value is -3.06. The van der Waals surface area contributed by atoms with Crippen LogP contribution in [0, 0.1) is 0 Å². The lowest BCUT2D eigenvalue weighted by Crippen LogP contribution is -2.40. The summed E-state index contributed by atoms with van der Waals surface area (Å²) in [7, 11) is -3.57. The standard InChI is InChI=1S/C23H26N2O4S/c1-4-17(2)25(16-18-12-14-20(15-13-18)29-30(3,27)28)23(26)24-22-11-7-9-19-8-5-6-10-21(19)22/h5-15,17H,4,16H2,1-3H3,(H,24,26). The molecule has 3 aromatic rings. The Morgan fingerprint density at radius 2 is 1.70 bits per heavy atom. The molecule has 0 aliphatic rings. The van der Waals surface area contributed by atoms with E-state index in [0.29, 0.717) is 6.54 Å². The average molecular weight is 427 g/mol. The van der Waals surface area contributed by atoms with Gasteiger partial charge in [0, 0.05) is 18.0 Å². The highest BCUT2D eigenvalue weighted by Crippen LogP contribution is 2.24. The summed E-state index contributed by atoms with van der Waals surface area (Å²) in [5, 5.41) is 5.09. The van der Waals surface area contributed by atoms with Crippen LogP contribution in [0.15, 0.2) is 66.7 Å². The number of nitrogens with zero attached hydrogens (tertiary/aromatic N) is 1. The second-order valence-electron chi connectivity index (χ2n) is 7.27. The lowest BCUT2D eigenvalue weighted by atomic mass is 10.1. The average Bonchev–Trinajstić information content (AvgIpc) is 2.71. The molecule has 1 unspecified atom stereocenters. The molecule has 3 rings (SSSR count). The van der Waals surface area contributed by atoms with E-state index in [9.17, 15) is 13.2 Å². The molecule has 3 aromatic carbocycles. The van der Waals surface area contributed by atoms with Crippen molar-refractivity contribution in [2.75, 3.05) is 11.6 Å². The zero-order chi connectivity index (χ0) is 21.7. The van der Waals surface area contributed by atoms with Crippen LogP contribution >= 0.6 is 0 Å². The molecule has 0 saturated heterocycles. The first-order valence-electron chi connectivity index (χ1n) is 9.80. The van der Waals surface area contributed by atoms with E-state index in [-0.39, 0.29) is 17.8 Å². The zero-order valence-electron chi connectivity index (χ0n) is 17.3. The van der Waals surface area contributed by atoms with Crippen molar-refractivity contribution in [3.8, 4) is 5.75 Å². The summed E-state index contributed by atoms with van der Waals surface area (Å²) in [6, 6.07) is 20.3. The number of benzene rings is 3. The molecule has 2 amide bonds. The van der Waals surface area contributed by atoms with Crippen molar-refractivity contribution in [1.29, 1.82) is 0 Å². The van der Waals surface area contributed by atoms with Crippen LogP contribution in [0.3, 0.4) is 0 Å². The van der Waals surface area contributed by atoms with Gasteiger partial charge in [0.2, 0.25) is 0 Å². The first-order valence-corrected chi connectivity index (χ1v) is 11.6. The number of urea groups is 1. The van der Waals surface area contributed by atoms with Gasteiger partial charge < -0.3 is 14.4 Å². The SMILES string of the molecule is CCC(C)N(Cc1ccc(OS(C)(=O)=O)cc1)C(=O)Nc1cccc2ccccc12. The molecule has 0 aliphatic heterocycles. The molecule has 0 heterocycles. The largest absolute Gasteiger partial charge is 0.383 e. The highest BCUT2D eigenvalue weighted by molar-refractivity contribution is 7.86. The molecule has 7 heteroatoms. The Morgan fingerprint density at radius 1 is 1.03 bits per heavy atom. The van der Waals surface area contributed by atoms with Crippen LogP contribution in [0.2, 0.25) is 0 Å². The third-order valence-electron chi connectivity index (χ3n) is 4.94. The van der Waals surface area contributed by atoms with Crippen LogP contribution in [-0.4, -0.2) is 31.6 Å². The van der Waals surface area contributed by atoms with Gasteiger partial charge in [0.05, 0.1) is 11.9 Å². The van der Waals surface area contributed by atoms with Crippen molar-refractivity contribution < 1.29 is 17.4 Å². The van der Waals surface area contributed by atoms with Gasteiger partial charge in [-0.25, -0.2) is 4.79 Å². The number of fused-ring (bicyclic) bond motifs is 1. The van der Waals surface area contributed by atoms with E-state index in [4.69, 9.17) is 4.18 Å². The molecule has 0 aromatic heterocycles. The Labute approximate surface area is 177 Å². The highest BCUT2D eigenvalue weighted by Gasteiger charge is 2.20. The van der Waals surface area contributed by atoms with Gasteiger partial charge in [-0.05, 0) is 42.5 Å². The maximum atomic E-state index is 13.1. The molecular weight excluding hydrogens is 400 g/mol. The fourth-order valence-electron chi connectivity index (χ4n) is 3.19. The molecular formula is C23H26N2O4S. The fraction of sp³-hybridized carbons (Fsp3) is 0.261. The summed E-state index contributed by atoms with van der Waals surface area (Å²) in [5.74, 6) is 0.247. The second-order valence-corrected chi connectivity index (χ2v) is 8.85. The van der Waals surface area contributed by atoms with E-state index >= 15 is 0 Å². The van der Waals surface area contributed by atoms with Crippen molar-refractivity contribution in [2.24, 2.45) is 0 Å². The van der Waals surface area contributed by atoms with Gasteiger partial charge in [0.15, 0.2) is 0 Å². The van der Waals surface area contributed by atoms with E-state index in [1.165, 1.54) is 0 Å². The first-order chi connectivity index (χ1) is 14.3. The monoisotopic (exact) mass is 426 g/mol. The van der Waals surface area contributed by atoms with Gasteiger partial charge in [-0.1, -0.05) is 55.5 Å². The number of carbonyl (C=O) groups is 1. The van der Waals surface area contributed by atoms with E-state index in [2.05, 4.69) is 5.32 Å². The molecule has 1 N–H and O–H groups in total. The van der Waals surface area contributed by atoms with Gasteiger partial charge in [0.1, 0.15) is 5.75 Å². The minimum absolute atomic E-state index is 0.0203. The van der Waals surface area contributed by atoms with Gasteiger partial charge in [0.25, 0.3) is 0 Å². The topological polar surface area (TPSA) is 75.7 Å². The molecule has 1 atom stereocenters. The number of anilines is 1. The Bertz CT molecular complexity index is 1120. The molecule has 158 valence electrons. The maximum absolute atomic E-state index is 13.1. The lowest BCUT2D eigenvalue weighted by molar-refractivity contribution is 0.187. The predicted octanol–water partition coefficient (Wildman–Crippen LogP) is 5.01. The van der Waals surface area contributed by atoms with E-state index in [1.807, 2.05) is 56.3 Å². The van der Waals surface area contributed by atoms with Gasteiger partial charge in [-0.3, -0.25) is 0 Å². The highest BCUT2D eigenvalue weighted by atomic mass is 32.2. The lowest BCUT2D eigenvalue weighted by Gasteiger charge is -2.29. The Balaban J connectivity index is 1.79. The minimum atomic E-state index is -3.57. The van der Waals surface area contributed by atoms with Crippen molar-refractivity contribution in [3.05, 3.63) is 72.3 Å². The van der Waals surface area contributed by atoms with Crippen molar-refractivity contribution in [2.45, 2.75) is 32.9 Å². The van der Waals surface area contributed by atoms with E-state index < -0.39 is 10.1 Å². The molecule has 0 bridgehead atoms. The van der Waals surface area contributed by atoms with Crippen molar-refractivity contribution in [3.63, 3.8) is 0 Å². The van der Waals surface area contributed by atoms with Crippen LogP contribution in [0.4, 0.5) is 10.5 Å². The number of rotatable bonds is 7. The summed E-state index contributed by atoms with van der Waals surface area (Å²) in [6.45, 7) is 4.43. The Morgan fingerprint density at radius 3 is 2.37 bits per heavy atom. The smallest absolute Gasteiger partial charge is 0.322 e. The third-order valence-corrected chi connectivity index (χ3v) is 5.43. The number of nitrogens with one attached hydrogen (secondary N) is 1. The summed E-state index contributed by atoms with van der Waals surface area (Å²) in [4.78, 5) is 14.9. The van der Waals surface area contributed by atoms with Crippen molar-refractivity contribution >= 4 is 32.6 Å². The fourth-order valence-corrected chi connectivity index (χ4v) is 3.65. The quantitative estimate of drug-likeness (QED) is 0.539. The van der Waals surface area contributed by atoms with E-state index in [1.54, 1.807) is 29.2 Å². The summed E-state index contributed by atoms with van der Waals surface area (Å²) < 4.78 is 27.4. The normalized spacial score (nSPS) is 12.4. The van der Waals surface area contributed by atoms with Crippen LogP contribution in [0.5, 0.6) is 5.75 Å². The summed E-state index contributed by atoms with van der Waals surface area (Å²) in [6.07, 6.45) is 1.81. The van der Waals surface area contributed by atoms with E-state index in [0.717, 1.165) is 34.7 Å². The maximum Gasteiger partial charge on any atom is 0.322 e. The molecule has 0 saturated carbocycles. The number of amides is 2.